The number of thiocarbonyl (C=S) groups is 1. The minimum atomic E-state index is 0.679. The van der Waals surface area contributed by atoms with Gasteiger partial charge in [0, 0.05) is 19.6 Å². The van der Waals surface area contributed by atoms with Crippen molar-refractivity contribution in [3.8, 4) is 0 Å². The van der Waals surface area contributed by atoms with E-state index in [1.165, 1.54) is 5.56 Å². The lowest BCUT2D eigenvalue weighted by Crippen LogP contribution is -2.44. The van der Waals surface area contributed by atoms with E-state index in [0.717, 1.165) is 44.1 Å². The fourth-order valence-electron chi connectivity index (χ4n) is 2.26. The third-order valence-corrected chi connectivity index (χ3v) is 3.92. The number of likely N-dealkylation sites (tertiary alicyclic amines) is 1. The van der Waals surface area contributed by atoms with Gasteiger partial charge >= 0.3 is 0 Å². The van der Waals surface area contributed by atoms with E-state index in [4.69, 9.17) is 18.0 Å². The zero-order valence-electron chi connectivity index (χ0n) is 10.6. The van der Waals surface area contributed by atoms with Crippen molar-refractivity contribution in [2.75, 3.05) is 19.6 Å². The minimum Gasteiger partial charge on any atom is -0.358 e. The number of hydrogen-bond acceptors (Lipinski definition) is 2. The number of benzene rings is 1. The third-order valence-electron chi connectivity index (χ3n) is 3.52. The lowest BCUT2D eigenvalue weighted by Gasteiger charge is -2.33. The molecule has 1 saturated heterocycles. The first-order chi connectivity index (χ1) is 8.79. The van der Waals surface area contributed by atoms with Crippen LogP contribution >= 0.6 is 12.2 Å². The number of rotatable bonds is 3. The maximum Gasteiger partial charge on any atom is 0.169 e. The highest BCUT2D eigenvalue weighted by Crippen LogP contribution is 2.15. The average molecular weight is 263 g/mol. The first-order valence-electron chi connectivity index (χ1n) is 6.56. The molecule has 1 aromatic carbocycles. The zero-order chi connectivity index (χ0) is 12.8. The van der Waals surface area contributed by atoms with E-state index in [1.807, 2.05) is 18.2 Å². The fraction of sp³-hybridized carbons (Fsp3) is 0.500. The van der Waals surface area contributed by atoms with Gasteiger partial charge < -0.3 is 16.0 Å². The highest BCUT2D eigenvalue weighted by atomic mass is 32.1. The van der Waals surface area contributed by atoms with Gasteiger partial charge in [-0.15, -0.1) is 0 Å². The van der Waals surface area contributed by atoms with Crippen molar-refractivity contribution in [3.63, 3.8) is 0 Å². The molecule has 0 amide bonds. The second kappa shape index (κ2) is 6.71. The van der Waals surface area contributed by atoms with Gasteiger partial charge in [-0.25, -0.2) is 0 Å². The monoisotopic (exact) mass is 263 g/mol. The molecule has 0 bridgehead atoms. The molecule has 3 nitrogen and oxygen atoms in total. The van der Waals surface area contributed by atoms with Crippen LogP contribution in [0.15, 0.2) is 30.3 Å². The molecule has 1 aromatic rings. The van der Waals surface area contributed by atoms with Gasteiger partial charge in [0.25, 0.3) is 0 Å². The molecule has 0 aromatic heterocycles. The maximum absolute atomic E-state index is 5.69. The van der Waals surface area contributed by atoms with Gasteiger partial charge in [0.2, 0.25) is 0 Å². The summed E-state index contributed by atoms with van der Waals surface area (Å²) in [6.45, 7) is 3.67. The fourth-order valence-corrected chi connectivity index (χ4v) is 2.51. The second-order valence-corrected chi connectivity index (χ2v) is 5.20. The molecule has 4 heteroatoms. The molecule has 1 aliphatic heterocycles. The van der Waals surface area contributed by atoms with E-state index in [1.54, 1.807) is 0 Å². The lowest BCUT2D eigenvalue weighted by molar-refractivity contribution is 0.268. The summed E-state index contributed by atoms with van der Waals surface area (Å²) in [5.41, 5.74) is 6.95. The smallest absolute Gasteiger partial charge is 0.169 e. The van der Waals surface area contributed by atoms with Crippen LogP contribution in [-0.2, 0) is 6.54 Å². The van der Waals surface area contributed by atoms with Crippen molar-refractivity contribution in [1.82, 2.24) is 10.2 Å². The quantitative estimate of drug-likeness (QED) is 0.815. The van der Waals surface area contributed by atoms with E-state index >= 15 is 0 Å². The molecule has 98 valence electrons. The molecule has 1 aliphatic rings. The Hall–Kier alpha value is -1.13. The summed E-state index contributed by atoms with van der Waals surface area (Å²) < 4.78 is 0. The zero-order valence-corrected chi connectivity index (χ0v) is 11.5. The third kappa shape index (κ3) is 3.68. The van der Waals surface area contributed by atoms with E-state index in [-0.39, 0.29) is 0 Å². The SMILES string of the molecule is NCC1CCN(C(=S)NCc2ccccc2)CC1. The maximum atomic E-state index is 5.69. The molecule has 18 heavy (non-hydrogen) atoms. The van der Waals surface area contributed by atoms with Gasteiger partial charge in [-0.05, 0) is 43.1 Å². The predicted molar refractivity (Wildman–Crippen MR) is 79.2 cm³/mol. The Kier molecular flexibility index (Phi) is 4.96. The Morgan fingerprint density at radius 3 is 2.56 bits per heavy atom. The normalized spacial score (nSPS) is 16.6. The van der Waals surface area contributed by atoms with Gasteiger partial charge in [-0.1, -0.05) is 30.3 Å². The summed E-state index contributed by atoms with van der Waals surface area (Å²) in [4.78, 5) is 2.25. The number of hydrogen-bond donors (Lipinski definition) is 2. The van der Waals surface area contributed by atoms with Crippen molar-refractivity contribution in [2.45, 2.75) is 19.4 Å². The largest absolute Gasteiger partial charge is 0.358 e. The molecule has 2 rings (SSSR count). The van der Waals surface area contributed by atoms with Crippen molar-refractivity contribution in [1.29, 1.82) is 0 Å². The van der Waals surface area contributed by atoms with Crippen molar-refractivity contribution < 1.29 is 0 Å². The van der Waals surface area contributed by atoms with Crippen molar-refractivity contribution >= 4 is 17.3 Å². The van der Waals surface area contributed by atoms with Gasteiger partial charge in [0.1, 0.15) is 0 Å². The molecule has 3 N–H and O–H groups in total. The van der Waals surface area contributed by atoms with Gasteiger partial charge in [-0.3, -0.25) is 0 Å². The van der Waals surface area contributed by atoms with Crippen molar-refractivity contribution in [2.24, 2.45) is 11.7 Å². The number of piperidine rings is 1. The first-order valence-corrected chi connectivity index (χ1v) is 6.97. The van der Waals surface area contributed by atoms with Crippen LogP contribution in [0.1, 0.15) is 18.4 Å². The average Bonchev–Trinajstić information content (AvgIpc) is 2.46. The van der Waals surface area contributed by atoms with Crippen LogP contribution in [0.3, 0.4) is 0 Å². The Morgan fingerprint density at radius 1 is 1.28 bits per heavy atom. The van der Waals surface area contributed by atoms with E-state index in [9.17, 15) is 0 Å². The topological polar surface area (TPSA) is 41.3 Å². The predicted octanol–water partition coefficient (Wildman–Crippen LogP) is 1.73. The van der Waals surface area contributed by atoms with Crippen LogP contribution in [0.4, 0.5) is 0 Å². The molecule has 1 fully saturated rings. The molecule has 0 aliphatic carbocycles. The molecule has 0 spiro atoms. The van der Waals surface area contributed by atoms with E-state index < -0.39 is 0 Å². The standard InChI is InChI=1S/C14H21N3S/c15-10-12-6-8-17(9-7-12)14(18)16-11-13-4-2-1-3-5-13/h1-5,12H,6-11,15H2,(H,16,18). The molecule has 0 saturated carbocycles. The summed E-state index contributed by atoms with van der Waals surface area (Å²) in [6, 6.07) is 10.3. The number of nitrogens with zero attached hydrogens (tertiary/aromatic N) is 1. The van der Waals surface area contributed by atoms with E-state index in [2.05, 4.69) is 22.3 Å². The number of nitrogens with one attached hydrogen (secondary N) is 1. The van der Waals surface area contributed by atoms with E-state index in [0.29, 0.717) is 5.92 Å². The lowest BCUT2D eigenvalue weighted by atomic mass is 9.97. The first kappa shape index (κ1) is 13.3. The second-order valence-electron chi connectivity index (χ2n) is 4.81. The van der Waals surface area contributed by atoms with Gasteiger partial charge in [0.15, 0.2) is 5.11 Å². The van der Waals surface area contributed by atoms with Crippen LogP contribution in [-0.4, -0.2) is 29.6 Å². The Balaban J connectivity index is 1.75. The van der Waals surface area contributed by atoms with Crippen LogP contribution in [0.25, 0.3) is 0 Å². The molecule has 0 radical (unpaired) electrons. The van der Waals surface area contributed by atoms with Gasteiger partial charge in [0.05, 0.1) is 0 Å². The van der Waals surface area contributed by atoms with Crippen LogP contribution in [0.5, 0.6) is 0 Å². The molecule has 0 unspecified atom stereocenters. The van der Waals surface area contributed by atoms with Crippen LogP contribution in [0.2, 0.25) is 0 Å². The summed E-state index contributed by atoms with van der Waals surface area (Å²) in [6.07, 6.45) is 2.31. The minimum absolute atomic E-state index is 0.679. The number of nitrogens with two attached hydrogens (primary N) is 1. The van der Waals surface area contributed by atoms with Crippen LogP contribution < -0.4 is 11.1 Å². The molecular formula is C14H21N3S. The summed E-state index contributed by atoms with van der Waals surface area (Å²) in [7, 11) is 0. The Morgan fingerprint density at radius 2 is 1.94 bits per heavy atom. The summed E-state index contributed by atoms with van der Waals surface area (Å²) in [5.74, 6) is 0.679. The highest BCUT2D eigenvalue weighted by Gasteiger charge is 2.19. The van der Waals surface area contributed by atoms with Gasteiger partial charge in [-0.2, -0.15) is 0 Å². The molecular weight excluding hydrogens is 242 g/mol. The summed E-state index contributed by atoms with van der Waals surface area (Å²) >= 11 is 5.43. The Bertz CT molecular complexity index is 372. The molecule has 0 atom stereocenters. The highest BCUT2D eigenvalue weighted by molar-refractivity contribution is 7.80. The van der Waals surface area contributed by atoms with Crippen LogP contribution in [0, 0.1) is 5.92 Å². The van der Waals surface area contributed by atoms with Crippen molar-refractivity contribution in [3.05, 3.63) is 35.9 Å². The Labute approximate surface area is 114 Å². The summed E-state index contributed by atoms with van der Waals surface area (Å²) in [5, 5.41) is 4.20. The molecule has 1 heterocycles.